The first-order chi connectivity index (χ1) is 11.5. The molecule has 0 radical (unpaired) electrons. The van der Waals surface area contributed by atoms with Crippen LogP contribution in [0.2, 0.25) is 0 Å². The molecule has 0 fully saturated rings. The van der Waals surface area contributed by atoms with Gasteiger partial charge in [0.05, 0.1) is 17.9 Å². The largest absolute Gasteiger partial charge is 0.390 e. The van der Waals surface area contributed by atoms with Crippen LogP contribution >= 0.6 is 35.3 Å². The number of nitrogens with one attached hydrogen (secondary N) is 3. The Morgan fingerprint density at radius 1 is 1.23 bits per heavy atom. The molecule has 0 aliphatic rings. The molecule has 12 heteroatoms. The molecule has 0 unspecified atom stereocenters. The maximum atomic E-state index is 12.2. The van der Waals surface area contributed by atoms with Gasteiger partial charge in [-0.2, -0.15) is 13.2 Å². The number of guanidine groups is 1. The Morgan fingerprint density at radius 2 is 1.88 bits per heavy atom. The van der Waals surface area contributed by atoms with Gasteiger partial charge >= 0.3 is 6.18 Å². The molecule has 0 saturated heterocycles. The number of alkyl halides is 3. The fourth-order valence-corrected chi connectivity index (χ4v) is 4.54. The molecule has 0 aromatic carbocycles. The highest BCUT2D eigenvalue weighted by molar-refractivity contribution is 14.0. The van der Waals surface area contributed by atoms with Gasteiger partial charge in [0.15, 0.2) is 5.96 Å². The topological polar surface area (TPSA) is 82.6 Å². The summed E-state index contributed by atoms with van der Waals surface area (Å²) in [6.07, 6.45) is -5.26. The summed E-state index contributed by atoms with van der Waals surface area (Å²) in [5.41, 5.74) is 0. The summed E-state index contributed by atoms with van der Waals surface area (Å²) < 4.78 is 63.3. The van der Waals surface area contributed by atoms with E-state index in [4.69, 9.17) is 0 Å². The lowest BCUT2D eigenvalue weighted by Gasteiger charge is -2.12. The van der Waals surface area contributed by atoms with E-state index in [1.54, 1.807) is 19.9 Å². The minimum absolute atomic E-state index is 0. The number of aliphatic imine (C=N–C) groups is 1. The zero-order valence-electron chi connectivity index (χ0n) is 14.7. The Balaban J connectivity index is 0.00000625. The maximum Gasteiger partial charge on any atom is 0.390 e. The van der Waals surface area contributed by atoms with Crippen LogP contribution in [0.25, 0.3) is 0 Å². The summed E-state index contributed by atoms with van der Waals surface area (Å²) in [5, 5.41) is 5.60. The van der Waals surface area contributed by atoms with Gasteiger partial charge in [0.1, 0.15) is 0 Å². The van der Waals surface area contributed by atoms with Gasteiger partial charge < -0.3 is 10.6 Å². The fraction of sp³-hybridized carbons (Fsp3) is 0.643. The number of hydrogen-bond donors (Lipinski definition) is 3. The highest BCUT2D eigenvalue weighted by Gasteiger charge is 2.26. The van der Waals surface area contributed by atoms with Crippen LogP contribution in [0.4, 0.5) is 13.2 Å². The van der Waals surface area contributed by atoms with Gasteiger partial charge in [-0.3, -0.25) is 4.99 Å². The van der Waals surface area contributed by atoms with Gasteiger partial charge in [0, 0.05) is 29.4 Å². The summed E-state index contributed by atoms with van der Waals surface area (Å²) in [4.78, 5) is 5.67. The molecule has 0 bridgehead atoms. The second kappa shape index (κ2) is 11.3. The van der Waals surface area contributed by atoms with Crippen LogP contribution in [0.1, 0.15) is 23.1 Å². The summed E-state index contributed by atoms with van der Waals surface area (Å²) in [6, 6.07) is 1.61. The van der Waals surface area contributed by atoms with Gasteiger partial charge in [-0.05, 0) is 26.8 Å². The third kappa shape index (κ3) is 9.37. The Labute approximate surface area is 173 Å². The van der Waals surface area contributed by atoms with E-state index in [1.165, 1.54) is 11.3 Å². The fourth-order valence-electron chi connectivity index (χ4n) is 1.95. The summed E-state index contributed by atoms with van der Waals surface area (Å²) in [5.74, 6) is 0.216. The molecule has 0 aliphatic carbocycles. The van der Waals surface area contributed by atoms with E-state index < -0.39 is 29.2 Å². The van der Waals surface area contributed by atoms with Crippen LogP contribution in [0.3, 0.4) is 0 Å². The van der Waals surface area contributed by atoms with Gasteiger partial charge in [0.25, 0.3) is 0 Å². The molecule has 152 valence electrons. The highest BCUT2D eigenvalue weighted by Crippen LogP contribution is 2.24. The SMILES string of the molecule is CCNC(=NCCC(F)(F)F)NCCNS(=O)(=O)c1cc(C)sc1C.I. The van der Waals surface area contributed by atoms with Crippen molar-refractivity contribution in [3.63, 3.8) is 0 Å². The van der Waals surface area contributed by atoms with E-state index in [9.17, 15) is 21.6 Å². The number of thiophene rings is 1. The predicted octanol–water partition coefficient (Wildman–Crippen LogP) is 2.77. The van der Waals surface area contributed by atoms with Crippen molar-refractivity contribution in [3.8, 4) is 0 Å². The Hall–Kier alpha value is -0.600. The summed E-state index contributed by atoms with van der Waals surface area (Å²) >= 11 is 1.40. The number of hydrogen-bond acceptors (Lipinski definition) is 4. The van der Waals surface area contributed by atoms with Crippen LogP contribution in [-0.4, -0.2) is 46.7 Å². The number of nitrogens with zero attached hydrogens (tertiary/aromatic N) is 1. The van der Waals surface area contributed by atoms with E-state index >= 15 is 0 Å². The van der Waals surface area contributed by atoms with Crippen LogP contribution in [0.15, 0.2) is 16.0 Å². The molecule has 1 aromatic rings. The first-order valence-corrected chi connectivity index (χ1v) is 10.0. The molecular weight excluding hydrogens is 504 g/mol. The molecule has 26 heavy (non-hydrogen) atoms. The molecule has 6 nitrogen and oxygen atoms in total. The van der Waals surface area contributed by atoms with Crippen molar-refractivity contribution in [2.45, 2.75) is 38.3 Å². The molecular formula is C14H24F3IN4O2S2. The number of aryl methyl sites for hydroxylation is 2. The predicted molar refractivity (Wildman–Crippen MR) is 109 cm³/mol. The summed E-state index contributed by atoms with van der Waals surface area (Å²) in [7, 11) is -3.61. The van der Waals surface area contributed by atoms with Crippen LogP contribution in [0.5, 0.6) is 0 Å². The lowest BCUT2D eigenvalue weighted by Crippen LogP contribution is -2.41. The van der Waals surface area contributed by atoms with Crippen LogP contribution < -0.4 is 15.4 Å². The van der Waals surface area contributed by atoms with Crippen molar-refractivity contribution in [1.82, 2.24) is 15.4 Å². The Bertz CT molecular complexity index is 691. The molecule has 0 amide bonds. The van der Waals surface area contributed by atoms with E-state index in [0.717, 1.165) is 4.88 Å². The van der Waals surface area contributed by atoms with E-state index in [0.29, 0.717) is 11.4 Å². The van der Waals surface area contributed by atoms with Crippen molar-refractivity contribution >= 4 is 51.3 Å². The first-order valence-electron chi connectivity index (χ1n) is 7.71. The van der Waals surface area contributed by atoms with E-state index in [2.05, 4.69) is 20.3 Å². The highest BCUT2D eigenvalue weighted by atomic mass is 127. The monoisotopic (exact) mass is 528 g/mol. The average Bonchev–Trinajstić information content (AvgIpc) is 2.82. The zero-order valence-corrected chi connectivity index (χ0v) is 18.7. The maximum absolute atomic E-state index is 12.2. The molecule has 0 aliphatic heterocycles. The summed E-state index contributed by atoms with van der Waals surface area (Å²) in [6.45, 7) is 5.72. The minimum atomic E-state index is -4.26. The van der Waals surface area contributed by atoms with Gasteiger partial charge in [-0.15, -0.1) is 35.3 Å². The van der Waals surface area contributed by atoms with Crippen LogP contribution in [-0.2, 0) is 10.0 Å². The van der Waals surface area contributed by atoms with Crippen molar-refractivity contribution in [3.05, 3.63) is 15.8 Å². The lowest BCUT2D eigenvalue weighted by molar-refractivity contribution is -0.132. The standard InChI is InChI=1S/C14H23F3N4O2S2.HI/c1-4-18-13(19-6-5-14(15,16)17)20-7-8-21-25(22,23)12-9-10(2)24-11(12)3;/h9,21H,4-8H2,1-3H3,(H2,18,19,20);1H. The normalized spacial score (nSPS) is 12.6. The van der Waals surface area contributed by atoms with Gasteiger partial charge in [-0.25, -0.2) is 13.1 Å². The van der Waals surface area contributed by atoms with Crippen molar-refractivity contribution < 1.29 is 21.6 Å². The molecule has 3 N–H and O–H groups in total. The Morgan fingerprint density at radius 3 is 2.38 bits per heavy atom. The molecule has 0 atom stereocenters. The number of halogens is 4. The van der Waals surface area contributed by atoms with Crippen molar-refractivity contribution in [2.75, 3.05) is 26.2 Å². The van der Waals surface area contributed by atoms with E-state index in [-0.39, 0.29) is 47.9 Å². The zero-order chi connectivity index (χ0) is 19.1. The third-order valence-corrected chi connectivity index (χ3v) is 5.69. The molecule has 0 spiro atoms. The molecule has 1 heterocycles. The number of rotatable bonds is 8. The average molecular weight is 528 g/mol. The van der Waals surface area contributed by atoms with Crippen molar-refractivity contribution in [1.29, 1.82) is 0 Å². The molecule has 0 saturated carbocycles. The Kier molecular flexibility index (Phi) is 11.0. The van der Waals surface area contributed by atoms with Crippen LogP contribution in [0, 0.1) is 13.8 Å². The lowest BCUT2D eigenvalue weighted by atomic mass is 10.4. The second-order valence-corrected chi connectivity index (χ2v) is 8.42. The van der Waals surface area contributed by atoms with Crippen molar-refractivity contribution in [2.24, 2.45) is 4.99 Å². The smallest absolute Gasteiger partial charge is 0.357 e. The molecule has 1 rings (SSSR count). The van der Waals surface area contributed by atoms with E-state index in [1.807, 2.05) is 6.92 Å². The second-order valence-electron chi connectivity index (χ2n) is 5.23. The first kappa shape index (κ1) is 25.4. The number of sulfonamides is 1. The molecule has 1 aromatic heterocycles. The third-order valence-electron chi connectivity index (χ3n) is 3.00. The van der Waals surface area contributed by atoms with Gasteiger partial charge in [-0.1, -0.05) is 0 Å². The quantitative estimate of drug-likeness (QED) is 0.210. The minimum Gasteiger partial charge on any atom is -0.357 e. The van der Waals surface area contributed by atoms with Gasteiger partial charge in [0.2, 0.25) is 10.0 Å².